The molecule has 2 N–H and O–H groups in total. The van der Waals surface area contributed by atoms with Crippen LogP contribution in [0.4, 0.5) is 10.2 Å². The molecule has 8 heteroatoms. The number of hydrogen-bond acceptors (Lipinski definition) is 5. The number of carbonyl (C=O) groups is 2. The highest BCUT2D eigenvalue weighted by molar-refractivity contribution is 6.04. The van der Waals surface area contributed by atoms with Gasteiger partial charge in [0.05, 0.1) is 5.71 Å². The maximum Gasteiger partial charge on any atom is 0.264 e. The summed E-state index contributed by atoms with van der Waals surface area (Å²) in [5.74, 6) is -0.528. The van der Waals surface area contributed by atoms with Gasteiger partial charge in [-0.1, -0.05) is 23.4 Å². The van der Waals surface area contributed by atoms with E-state index >= 15 is 0 Å². The van der Waals surface area contributed by atoms with Gasteiger partial charge in [-0.15, -0.1) is 0 Å². The Balaban J connectivity index is 1.42. The average Bonchev–Trinajstić information content (AvgIpc) is 3.12. The minimum absolute atomic E-state index is 0.103. The number of aryl methyl sites for hydroxylation is 1. The number of pyridine rings is 1. The summed E-state index contributed by atoms with van der Waals surface area (Å²) < 4.78 is 13.3. The molecule has 1 aromatic carbocycles. The van der Waals surface area contributed by atoms with Crippen molar-refractivity contribution in [2.24, 2.45) is 5.16 Å². The van der Waals surface area contributed by atoms with Crippen molar-refractivity contribution >= 4 is 23.3 Å². The fraction of sp³-hybridized carbons (Fsp3) is 0.263. The summed E-state index contributed by atoms with van der Waals surface area (Å²) in [6.07, 6.45) is -0.440. The maximum absolute atomic E-state index is 13.3. The minimum Gasteiger partial charge on any atom is -0.382 e. The summed E-state index contributed by atoms with van der Waals surface area (Å²) in [7, 11) is 0. The van der Waals surface area contributed by atoms with E-state index in [1.165, 1.54) is 12.1 Å². The van der Waals surface area contributed by atoms with E-state index in [2.05, 4.69) is 20.8 Å². The van der Waals surface area contributed by atoms with E-state index in [4.69, 9.17) is 4.84 Å². The van der Waals surface area contributed by atoms with Crippen LogP contribution in [0, 0.1) is 12.7 Å². The number of hydrogen-bond donors (Lipinski definition) is 2. The quantitative estimate of drug-likeness (QED) is 0.815. The molecule has 2 heterocycles. The monoisotopic (exact) mass is 370 g/mol. The number of oxime groups is 1. The first-order valence-corrected chi connectivity index (χ1v) is 8.51. The molecule has 1 aromatic heterocycles. The lowest BCUT2D eigenvalue weighted by Crippen LogP contribution is -2.36. The normalized spacial score (nSPS) is 15.6. The molecule has 1 atom stereocenters. The summed E-state index contributed by atoms with van der Waals surface area (Å²) in [5.41, 5.74) is 1.89. The predicted molar refractivity (Wildman–Crippen MR) is 97.7 cm³/mol. The van der Waals surface area contributed by atoms with Crippen LogP contribution in [0.25, 0.3) is 0 Å². The second-order valence-corrected chi connectivity index (χ2v) is 6.10. The van der Waals surface area contributed by atoms with Gasteiger partial charge in [-0.2, -0.15) is 0 Å². The lowest BCUT2D eigenvalue weighted by molar-refractivity contribution is -0.131. The summed E-state index contributed by atoms with van der Waals surface area (Å²) in [4.78, 5) is 33.4. The smallest absolute Gasteiger partial charge is 0.264 e. The van der Waals surface area contributed by atoms with Crippen molar-refractivity contribution in [2.45, 2.75) is 25.9 Å². The summed E-state index contributed by atoms with van der Waals surface area (Å²) in [6.45, 7) is 1.99. The van der Waals surface area contributed by atoms with Crippen LogP contribution in [0.15, 0.2) is 47.6 Å². The molecule has 7 nitrogen and oxygen atoms in total. The molecular formula is C19H19FN4O3. The van der Waals surface area contributed by atoms with E-state index in [0.29, 0.717) is 17.1 Å². The van der Waals surface area contributed by atoms with E-state index in [9.17, 15) is 14.0 Å². The molecule has 2 aromatic rings. The summed E-state index contributed by atoms with van der Waals surface area (Å²) in [6, 6.07) is 11.3. The van der Waals surface area contributed by atoms with Gasteiger partial charge in [0.25, 0.3) is 5.91 Å². The van der Waals surface area contributed by atoms with E-state index in [0.717, 1.165) is 5.69 Å². The van der Waals surface area contributed by atoms with E-state index in [-0.39, 0.29) is 37.0 Å². The largest absolute Gasteiger partial charge is 0.382 e. The topological polar surface area (TPSA) is 92.7 Å². The first kappa shape index (κ1) is 18.5. The number of aromatic nitrogens is 1. The van der Waals surface area contributed by atoms with Gasteiger partial charge in [-0.25, -0.2) is 9.37 Å². The maximum atomic E-state index is 13.3. The lowest BCUT2D eigenvalue weighted by atomic mass is 10.0. The van der Waals surface area contributed by atoms with Gasteiger partial charge in [-0.3, -0.25) is 9.59 Å². The molecule has 1 aliphatic rings. The molecule has 0 saturated carbocycles. The number of nitrogens with zero attached hydrogens (tertiary/aromatic N) is 2. The van der Waals surface area contributed by atoms with Crippen molar-refractivity contribution in [1.29, 1.82) is 0 Å². The van der Waals surface area contributed by atoms with Gasteiger partial charge in [0.1, 0.15) is 11.6 Å². The Morgan fingerprint density at radius 2 is 2.07 bits per heavy atom. The van der Waals surface area contributed by atoms with Gasteiger partial charge >= 0.3 is 0 Å². The van der Waals surface area contributed by atoms with Gasteiger partial charge in [0.15, 0.2) is 0 Å². The van der Waals surface area contributed by atoms with Gasteiger partial charge < -0.3 is 15.5 Å². The fourth-order valence-corrected chi connectivity index (χ4v) is 2.59. The Labute approximate surface area is 155 Å². The second-order valence-electron chi connectivity index (χ2n) is 6.10. The molecule has 0 fully saturated rings. The van der Waals surface area contributed by atoms with Crippen molar-refractivity contribution in [3.63, 3.8) is 0 Å². The van der Waals surface area contributed by atoms with Gasteiger partial charge in [0.2, 0.25) is 12.0 Å². The highest BCUT2D eigenvalue weighted by Gasteiger charge is 2.28. The molecule has 3 rings (SSSR count). The van der Waals surface area contributed by atoms with Crippen LogP contribution in [-0.4, -0.2) is 35.2 Å². The zero-order valence-electron chi connectivity index (χ0n) is 14.7. The molecule has 0 bridgehead atoms. The molecule has 0 radical (unpaired) electrons. The Morgan fingerprint density at radius 3 is 2.85 bits per heavy atom. The van der Waals surface area contributed by atoms with E-state index < -0.39 is 6.10 Å². The van der Waals surface area contributed by atoms with Crippen molar-refractivity contribution in [3.05, 3.63) is 59.5 Å². The lowest BCUT2D eigenvalue weighted by Gasteiger charge is -2.09. The van der Waals surface area contributed by atoms with Crippen LogP contribution < -0.4 is 10.6 Å². The zero-order valence-corrected chi connectivity index (χ0v) is 14.7. The average molecular weight is 370 g/mol. The van der Waals surface area contributed by atoms with E-state index in [1.807, 2.05) is 13.0 Å². The molecule has 140 valence electrons. The Kier molecular flexibility index (Phi) is 5.75. The highest BCUT2D eigenvalue weighted by atomic mass is 19.1. The first-order valence-electron chi connectivity index (χ1n) is 8.51. The van der Waals surface area contributed by atoms with Crippen molar-refractivity contribution < 1.29 is 18.8 Å². The predicted octanol–water partition coefficient (Wildman–Crippen LogP) is 2.17. The molecule has 1 aliphatic heterocycles. The van der Waals surface area contributed by atoms with Crippen molar-refractivity contribution in [1.82, 2.24) is 10.3 Å². The van der Waals surface area contributed by atoms with Crippen molar-refractivity contribution in [2.75, 3.05) is 11.9 Å². The van der Waals surface area contributed by atoms with Gasteiger partial charge in [0, 0.05) is 30.6 Å². The third-order valence-corrected chi connectivity index (χ3v) is 3.93. The molecule has 27 heavy (non-hydrogen) atoms. The van der Waals surface area contributed by atoms with Crippen LogP contribution in [0.1, 0.15) is 24.1 Å². The first-order chi connectivity index (χ1) is 13.0. The SMILES string of the molecule is Cc1cccc(NC(=O)CCNC(=O)C2CC(c3cccc(F)c3)=NO2)n1. The number of nitrogens with one attached hydrogen (secondary N) is 2. The fourth-order valence-electron chi connectivity index (χ4n) is 2.59. The Bertz CT molecular complexity index is 885. The van der Waals surface area contributed by atoms with Crippen LogP contribution in [0.3, 0.4) is 0 Å². The Morgan fingerprint density at radius 1 is 1.26 bits per heavy atom. The van der Waals surface area contributed by atoms with Crippen LogP contribution in [0.2, 0.25) is 0 Å². The van der Waals surface area contributed by atoms with Crippen molar-refractivity contribution in [3.8, 4) is 0 Å². The van der Waals surface area contributed by atoms with Crippen LogP contribution in [0.5, 0.6) is 0 Å². The number of benzene rings is 1. The number of halogens is 1. The summed E-state index contributed by atoms with van der Waals surface area (Å²) >= 11 is 0. The number of rotatable bonds is 6. The number of amides is 2. The minimum atomic E-state index is -0.787. The molecule has 0 spiro atoms. The Hall–Kier alpha value is -3.29. The number of carbonyl (C=O) groups excluding carboxylic acids is 2. The summed E-state index contributed by atoms with van der Waals surface area (Å²) in [5, 5.41) is 9.17. The molecule has 1 unspecified atom stereocenters. The third kappa shape index (κ3) is 5.10. The van der Waals surface area contributed by atoms with E-state index in [1.54, 1.807) is 24.3 Å². The molecule has 0 saturated heterocycles. The molecule has 2 amide bonds. The highest BCUT2D eigenvalue weighted by Crippen LogP contribution is 2.17. The standard InChI is InChI=1S/C19H19FN4O3/c1-12-4-2-7-17(22-12)23-18(25)8-9-21-19(26)16-11-15(24-27-16)13-5-3-6-14(20)10-13/h2-7,10,16H,8-9,11H2,1H3,(H,21,26)(H,22,23,25). The molecule has 0 aliphatic carbocycles. The van der Waals surface area contributed by atoms with Crippen LogP contribution >= 0.6 is 0 Å². The zero-order chi connectivity index (χ0) is 19.2. The molecular weight excluding hydrogens is 351 g/mol. The van der Waals surface area contributed by atoms with Crippen LogP contribution in [-0.2, 0) is 14.4 Å². The number of anilines is 1. The second kappa shape index (κ2) is 8.39. The van der Waals surface area contributed by atoms with Gasteiger partial charge in [-0.05, 0) is 31.2 Å². The third-order valence-electron chi connectivity index (χ3n) is 3.93.